The van der Waals surface area contributed by atoms with Crippen molar-refractivity contribution in [3.8, 4) is 10.6 Å². The van der Waals surface area contributed by atoms with Gasteiger partial charge in [0.2, 0.25) is 0 Å². The minimum atomic E-state index is -0.814. The van der Waals surface area contributed by atoms with Gasteiger partial charge in [-0.15, -0.1) is 11.3 Å². The number of rotatable bonds is 5. The zero-order valence-corrected chi connectivity index (χ0v) is 15.3. The topological polar surface area (TPSA) is 88.3 Å². The van der Waals surface area contributed by atoms with Gasteiger partial charge in [-0.05, 0) is 32.6 Å². The summed E-state index contributed by atoms with van der Waals surface area (Å²) in [4.78, 5) is 31.0. The van der Waals surface area contributed by atoms with E-state index in [1.807, 2.05) is 25.1 Å². The number of carboxylic acids is 1. The summed E-state index contributed by atoms with van der Waals surface area (Å²) in [5.41, 5.74) is 1.62. The zero-order chi connectivity index (χ0) is 18.0. The second-order valence-electron chi connectivity index (χ2n) is 6.42. The summed E-state index contributed by atoms with van der Waals surface area (Å²) >= 11 is 1.38. The lowest BCUT2D eigenvalue weighted by atomic mass is 9.97. The fourth-order valence-electron chi connectivity index (χ4n) is 3.24. The Balaban J connectivity index is 1.81. The summed E-state index contributed by atoms with van der Waals surface area (Å²) in [6, 6.07) is 0.000641. The van der Waals surface area contributed by atoms with Crippen LogP contribution >= 0.6 is 11.3 Å². The molecule has 1 N–H and O–H groups in total. The molecule has 2 aromatic heterocycles. The lowest BCUT2D eigenvalue weighted by Crippen LogP contribution is -2.43. The lowest BCUT2D eigenvalue weighted by molar-refractivity contribution is -0.137. The first-order chi connectivity index (χ1) is 12.0. The van der Waals surface area contributed by atoms with E-state index in [-0.39, 0.29) is 18.4 Å². The summed E-state index contributed by atoms with van der Waals surface area (Å²) in [7, 11) is 1.84. The molecular weight excluding hydrogens is 340 g/mol. The van der Waals surface area contributed by atoms with Gasteiger partial charge < -0.3 is 10.0 Å². The molecule has 3 rings (SSSR count). The van der Waals surface area contributed by atoms with Gasteiger partial charge in [0.1, 0.15) is 9.88 Å². The summed E-state index contributed by atoms with van der Waals surface area (Å²) in [5, 5.41) is 13.9. The van der Waals surface area contributed by atoms with E-state index in [0.717, 1.165) is 35.5 Å². The Bertz CT molecular complexity index is 783. The number of piperidine rings is 1. The van der Waals surface area contributed by atoms with Gasteiger partial charge in [-0.3, -0.25) is 14.3 Å². The fourth-order valence-corrected chi connectivity index (χ4v) is 4.24. The number of carbonyl (C=O) groups excluding carboxylic acids is 1. The first-order valence-corrected chi connectivity index (χ1v) is 9.26. The van der Waals surface area contributed by atoms with Gasteiger partial charge in [0.15, 0.2) is 0 Å². The van der Waals surface area contributed by atoms with Crippen molar-refractivity contribution in [1.82, 2.24) is 19.7 Å². The molecule has 0 aliphatic carbocycles. The molecule has 1 aliphatic rings. The highest BCUT2D eigenvalue weighted by Gasteiger charge is 2.30. The average Bonchev–Trinajstić information content (AvgIpc) is 3.18. The second kappa shape index (κ2) is 7.35. The smallest absolute Gasteiger partial charge is 0.303 e. The van der Waals surface area contributed by atoms with E-state index in [1.165, 1.54) is 11.3 Å². The third-order valence-electron chi connectivity index (χ3n) is 4.52. The van der Waals surface area contributed by atoms with E-state index < -0.39 is 5.97 Å². The summed E-state index contributed by atoms with van der Waals surface area (Å²) < 4.78 is 1.71. The Morgan fingerprint density at radius 3 is 2.88 bits per heavy atom. The molecule has 0 saturated carbocycles. The van der Waals surface area contributed by atoms with Gasteiger partial charge in [-0.25, -0.2) is 4.98 Å². The highest BCUT2D eigenvalue weighted by atomic mass is 32.1. The van der Waals surface area contributed by atoms with Crippen LogP contribution in [-0.4, -0.2) is 49.2 Å². The van der Waals surface area contributed by atoms with Gasteiger partial charge in [0, 0.05) is 37.8 Å². The maximum Gasteiger partial charge on any atom is 0.303 e. The molecule has 0 radical (unpaired) electrons. The van der Waals surface area contributed by atoms with Crippen molar-refractivity contribution in [2.75, 3.05) is 6.54 Å². The number of nitrogens with zero attached hydrogens (tertiary/aromatic N) is 4. The maximum absolute atomic E-state index is 13.1. The number of aliphatic carboxylic acids is 1. The number of hydrogen-bond donors (Lipinski definition) is 1. The Morgan fingerprint density at radius 2 is 2.20 bits per heavy atom. The van der Waals surface area contributed by atoms with Crippen molar-refractivity contribution in [3.05, 3.63) is 23.0 Å². The van der Waals surface area contributed by atoms with Gasteiger partial charge in [0.25, 0.3) is 5.91 Å². The standard InChI is InChI=1S/C17H22N4O3S/c1-11-15(25-16(19-11)12-9-18-20(2)10-12)17(24)21-8-4-3-5-13(21)6-7-14(22)23/h9-10,13H,3-8H2,1-2H3,(H,22,23)/t13-/m1/s1. The molecule has 134 valence electrons. The molecule has 1 saturated heterocycles. The number of aromatic nitrogens is 3. The van der Waals surface area contributed by atoms with Crippen LogP contribution in [0.2, 0.25) is 0 Å². The van der Waals surface area contributed by atoms with Crippen LogP contribution in [0, 0.1) is 6.92 Å². The van der Waals surface area contributed by atoms with Crippen molar-refractivity contribution in [3.63, 3.8) is 0 Å². The van der Waals surface area contributed by atoms with Crippen LogP contribution in [0.25, 0.3) is 10.6 Å². The Kier molecular flexibility index (Phi) is 5.17. The SMILES string of the molecule is Cc1nc(-c2cnn(C)c2)sc1C(=O)N1CCCC[C@@H]1CCC(=O)O. The van der Waals surface area contributed by atoms with E-state index in [1.54, 1.807) is 10.9 Å². The molecule has 8 heteroatoms. The average molecular weight is 362 g/mol. The van der Waals surface area contributed by atoms with E-state index in [4.69, 9.17) is 5.11 Å². The second-order valence-corrected chi connectivity index (χ2v) is 7.42. The van der Waals surface area contributed by atoms with E-state index in [0.29, 0.717) is 17.8 Å². The maximum atomic E-state index is 13.1. The molecule has 2 aromatic rings. The highest BCUT2D eigenvalue weighted by Crippen LogP contribution is 2.31. The minimum absolute atomic E-state index is 0.000641. The van der Waals surface area contributed by atoms with E-state index in [2.05, 4.69) is 10.1 Å². The first-order valence-electron chi connectivity index (χ1n) is 8.45. The minimum Gasteiger partial charge on any atom is -0.481 e. The quantitative estimate of drug-likeness (QED) is 0.883. The predicted octanol–water partition coefficient (Wildman–Crippen LogP) is 2.71. The van der Waals surface area contributed by atoms with Crippen LogP contribution in [-0.2, 0) is 11.8 Å². The van der Waals surface area contributed by atoms with E-state index >= 15 is 0 Å². The van der Waals surface area contributed by atoms with Gasteiger partial charge in [0.05, 0.1) is 11.9 Å². The largest absolute Gasteiger partial charge is 0.481 e. The Morgan fingerprint density at radius 1 is 1.40 bits per heavy atom. The Labute approximate surface area is 150 Å². The van der Waals surface area contributed by atoms with Crippen molar-refractivity contribution in [2.24, 2.45) is 7.05 Å². The molecule has 1 atom stereocenters. The van der Waals surface area contributed by atoms with Crippen molar-refractivity contribution in [2.45, 2.75) is 45.1 Å². The van der Waals surface area contributed by atoms with E-state index in [9.17, 15) is 9.59 Å². The molecule has 0 spiro atoms. The predicted molar refractivity (Wildman–Crippen MR) is 94.6 cm³/mol. The molecule has 3 heterocycles. The van der Waals surface area contributed by atoms with Crippen LogP contribution in [0.4, 0.5) is 0 Å². The van der Waals surface area contributed by atoms with Crippen LogP contribution in [0.15, 0.2) is 12.4 Å². The molecule has 1 aliphatic heterocycles. The first kappa shape index (κ1) is 17.6. The molecular formula is C17H22N4O3S. The van der Waals surface area contributed by atoms with Crippen LogP contribution in [0.3, 0.4) is 0 Å². The Hall–Kier alpha value is -2.22. The van der Waals surface area contributed by atoms with Crippen LogP contribution in [0.1, 0.15) is 47.5 Å². The van der Waals surface area contributed by atoms with Crippen LogP contribution in [0.5, 0.6) is 0 Å². The number of carboxylic acid groups (broad SMARTS) is 1. The van der Waals surface area contributed by atoms with Crippen LogP contribution < -0.4 is 0 Å². The van der Waals surface area contributed by atoms with Crippen molar-refractivity contribution < 1.29 is 14.7 Å². The molecule has 0 bridgehead atoms. The third-order valence-corrected chi connectivity index (χ3v) is 5.72. The molecule has 1 fully saturated rings. The molecule has 1 amide bonds. The molecule has 25 heavy (non-hydrogen) atoms. The monoisotopic (exact) mass is 362 g/mol. The number of hydrogen-bond acceptors (Lipinski definition) is 5. The fraction of sp³-hybridized carbons (Fsp3) is 0.529. The molecule has 7 nitrogen and oxygen atoms in total. The van der Waals surface area contributed by atoms with Crippen molar-refractivity contribution in [1.29, 1.82) is 0 Å². The summed E-state index contributed by atoms with van der Waals surface area (Å²) in [6.07, 6.45) is 7.09. The van der Waals surface area contributed by atoms with Gasteiger partial charge in [-0.1, -0.05) is 0 Å². The number of likely N-dealkylation sites (tertiary alicyclic amines) is 1. The van der Waals surface area contributed by atoms with Gasteiger partial charge >= 0.3 is 5.97 Å². The summed E-state index contributed by atoms with van der Waals surface area (Å²) in [5.74, 6) is -0.842. The van der Waals surface area contributed by atoms with Gasteiger partial charge in [-0.2, -0.15) is 5.10 Å². The highest BCUT2D eigenvalue weighted by molar-refractivity contribution is 7.17. The number of amides is 1. The summed E-state index contributed by atoms with van der Waals surface area (Å²) in [6.45, 7) is 2.53. The third kappa shape index (κ3) is 3.89. The molecule has 0 aromatic carbocycles. The lowest BCUT2D eigenvalue weighted by Gasteiger charge is -2.35. The number of carbonyl (C=O) groups is 2. The molecule has 0 unspecified atom stereocenters. The normalized spacial score (nSPS) is 17.7. The zero-order valence-electron chi connectivity index (χ0n) is 14.4. The number of thiazole rings is 1. The van der Waals surface area contributed by atoms with Crippen molar-refractivity contribution >= 4 is 23.2 Å². The number of aryl methyl sites for hydroxylation is 2.